The van der Waals surface area contributed by atoms with Gasteiger partial charge in [-0.3, -0.25) is 0 Å². The molecule has 0 spiro atoms. The molecule has 0 aromatic carbocycles. The van der Waals surface area contributed by atoms with Crippen molar-refractivity contribution >= 4 is 11.9 Å². The van der Waals surface area contributed by atoms with E-state index in [9.17, 15) is 9.59 Å². The smallest absolute Gasteiger partial charge is 0.334 e. The van der Waals surface area contributed by atoms with E-state index in [-0.39, 0.29) is 47.7 Å². The minimum Gasteiger partial charge on any atom is -0.455 e. The molecule has 0 radical (unpaired) electrons. The molecule has 0 N–H and O–H groups in total. The van der Waals surface area contributed by atoms with Gasteiger partial charge in [-0.2, -0.15) is 0 Å². The predicted octanol–water partition coefficient (Wildman–Crippen LogP) is 6.31. The van der Waals surface area contributed by atoms with Crippen LogP contribution in [-0.4, -0.2) is 35.9 Å². The van der Waals surface area contributed by atoms with E-state index in [1.165, 1.54) is 16.7 Å². The molecule has 3 aliphatic heterocycles. The Morgan fingerprint density at radius 1 is 0.829 bits per heavy atom. The zero-order valence-electron chi connectivity index (χ0n) is 21.7. The Balaban J connectivity index is 0.000000165. The largest absolute Gasteiger partial charge is 0.455 e. The lowest BCUT2D eigenvalue weighted by Gasteiger charge is -2.19. The number of esters is 2. The standard InChI is InChI=1S/C15H20O3.C15H20O2/c1-9-5-4-8-15(3)13(18-15)12-11(7-6-9)10(2)14(16)17-12;1-10-5-4-6-11(2)9-14-13(8-7-10)12(3)15(16)17-14/h5,11-13H,2,4,6-8H2,1,3H3;5,9,13-14H,3-4,6-8H2,1-2H3/b9-5+;10-5+,11-9+/t11?,12-,13-,15+;13?,14-/m01/s1. The van der Waals surface area contributed by atoms with E-state index in [2.05, 4.69) is 59.1 Å². The maximum atomic E-state index is 11.7. The van der Waals surface area contributed by atoms with Gasteiger partial charge in [0.05, 0.1) is 5.60 Å². The first-order chi connectivity index (χ1) is 16.6. The molecule has 0 amide bonds. The second kappa shape index (κ2) is 10.3. The molecule has 5 heteroatoms. The van der Waals surface area contributed by atoms with Crippen molar-refractivity contribution in [3.05, 3.63) is 59.3 Å². The highest BCUT2D eigenvalue weighted by Crippen LogP contribution is 2.49. The first kappa shape index (κ1) is 25.7. The summed E-state index contributed by atoms with van der Waals surface area (Å²) in [7, 11) is 0. The molecule has 0 saturated carbocycles. The van der Waals surface area contributed by atoms with Crippen molar-refractivity contribution in [1.82, 2.24) is 0 Å². The minimum absolute atomic E-state index is 0.0671. The second-order valence-electron chi connectivity index (χ2n) is 11.1. The maximum absolute atomic E-state index is 11.7. The van der Waals surface area contributed by atoms with Crippen molar-refractivity contribution < 1.29 is 23.8 Å². The van der Waals surface area contributed by atoms with E-state index in [0.29, 0.717) is 11.1 Å². The highest BCUT2D eigenvalue weighted by molar-refractivity contribution is 5.91. The van der Waals surface area contributed by atoms with E-state index in [4.69, 9.17) is 14.2 Å². The molecule has 3 fully saturated rings. The van der Waals surface area contributed by atoms with E-state index < -0.39 is 0 Å². The van der Waals surface area contributed by atoms with Gasteiger partial charge in [0.15, 0.2) is 0 Å². The summed E-state index contributed by atoms with van der Waals surface area (Å²) in [5, 5.41) is 0. The van der Waals surface area contributed by atoms with Crippen LogP contribution >= 0.6 is 0 Å². The van der Waals surface area contributed by atoms with Gasteiger partial charge in [-0.15, -0.1) is 0 Å². The van der Waals surface area contributed by atoms with Gasteiger partial charge in [0.25, 0.3) is 0 Å². The summed E-state index contributed by atoms with van der Waals surface area (Å²) in [5.74, 6) is -0.154. The van der Waals surface area contributed by atoms with Crippen molar-refractivity contribution in [2.75, 3.05) is 0 Å². The number of fused-ring (bicyclic) bond motifs is 4. The summed E-state index contributed by atoms with van der Waals surface area (Å²) in [6.45, 7) is 16.3. The Morgan fingerprint density at radius 3 is 2.14 bits per heavy atom. The van der Waals surface area contributed by atoms with Crippen molar-refractivity contribution in [2.24, 2.45) is 11.8 Å². The minimum atomic E-state index is -0.233. The lowest BCUT2D eigenvalue weighted by Crippen LogP contribution is -2.28. The molecule has 3 heterocycles. The zero-order valence-corrected chi connectivity index (χ0v) is 21.7. The molecule has 35 heavy (non-hydrogen) atoms. The SMILES string of the molecule is C=C1C(=O)O[C@@H]2/C=C(\C)CC/C=C(\C)CCC12.C=C1C(=O)O[C@H]2C1CC/C(C)=C/CC[C@@]1(C)O[C@@H]21. The molecule has 2 aliphatic carbocycles. The molecule has 0 aromatic heterocycles. The van der Waals surface area contributed by atoms with Gasteiger partial charge in [0.2, 0.25) is 0 Å². The Bertz CT molecular complexity index is 998. The van der Waals surface area contributed by atoms with Gasteiger partial charge >= 0.3 is 11.9 Å². The number of epoxide rings is 1. The molecule has 5 rings (SSSR count). The second-order valence-corrected chi connectivity index (χ2v) is 11.1. The first-order valence-electron chi connectivity index (χ1n) is 13.0. The molecule has 0 bridgehead atoms. The van der Waals surface area contributed by atoms with Gasteiger partial charge in [0, 0.05) is 23.0 Å². The predicted molar refractivity (Wildman–Crippen MR) is 137 cm³/mol. The fraction of sp³-hybridized carbons (Fsp3) is 0.600. The summed E-state index contributed by atoms with van der Waals surface area (Å²) in [5.41, 5.74) is 5.27. The normalized spacial score (nSPS) is 41.6. The van der Waals surface area contributed by atoms with E-state index in [0.717, 1.165) is 51.4 Å². The monoisotopic (exact) mass is 480 g/mol. The van der Waals surface area contributed by atoms with Crippen LogP contribution in [-0.2, 0) is 23.8 Å². The fourth-order valence-corrected chi connectivity index (χ4v) is 5.72. The maximum Gasteiger partial charge on any atom is 0.334 e. The van der Waals surface area contributed by atoms with Gasteiger partial charge in [0.1, 0.15) is 18.3 Å². The van der Waals surface area contributed by atoms with Crippen LogP contribution in [0.2, 0.25) is 0 Å². The number of hydrogen-bond donors (Lipinski definition) is 0. The molecule has 6 atom stereocenters. The average Bonchev–Trinajstić information content (AvgIpc) is 3.28. The third-order valence-corrected chi connectivity index (χ3v) is 8.25. The fourth-order valence-electron chi connectivity index (χ4n) is 5.72. The molecule has 5 aliphatic rings. The molecule has 190 valence electrons. The number of carbonyl (C=O) groups excluding carboxylic acids is 2. The van der Waals surface area contributed by atoms with E-state index in [1.54, 1.807) is 0 Å². The number of hydrogen-bond acceptors (Lipinski definition) is 5. The van der Waals surface area contributed by atoms with Gasteiger partial charge in [-0.25, -0.2) is 9.59 Å². The van der Waals surface area contributed by atoms with Gasteiger partial charge in [-0.1, -0.05) is 42.0 Å². The third-order valence-electron chi connectivity index (χ3n) is 8.25. The Morgan fingerprint density at radius 2 is 1.43 bits per heavy atom. The van der Waals surface area contributed by atoms with Crippen molar-refractivity contribution in [3.8, 4) is 0 Å². The summed E-state index contributed by atoms with van der Waals surface area (Å²) in [6.07, 6.45) is 14.7. The van der Waals surface area contributed by atoms with Crippen molar-refractivity contribution in [1.29, 1.82) is 0 Å². The van der Waals surface area contributed by atoms with Gasteiger partial charge in [-0.05, 0) is 85.1 Å². The van der Waals surface area contributed by atoms with Crippen molar-refractivity contribution in [2.45, 2.75) is 103 Å². The van der Waals surface area contributed by atoms with Crippen LogP contribution in [0.5, 0.6) is 0 Å². The highest BCUT2D eigenvalue weighted by Gasteiger charge is 2.61. The molecule has 5 nitrogen and oxygen atoms in total. The highest BCUT2D eigenvalue weighted by atomic mass is 16.6. The molecular formula is C30H40O5. The lowest BCUT2D eigenvalue weighted by molar-refractivity contribution is -0.140. The topological polar surface area (TPSA) is 65.1 Å². The van der Waals surface area contributed by atoms with Crippen molar-refractivity contribution in [3.63, 3.8) is 0 Å². The number of ether oxygens (including phenoxy) is 3. The Kier molecular flexibility index (Phi) is 7.56. The van der Waals surface area contributed by atoms with Crippen LogP contribution in [0, 0.1) is 11.8 Å². The van der Waals surface area contributed by atoms with Crippen LogP contribution in [0.4, 0.5) is 0 Å². The average molecular weight is 481 g/mol. The summed E-state index contributed by atoms with van der Waals surface area (Å²) in [6, 6.07) is 0. The summed E-state index contributed by atoms with van der Waals surface area (Å²) in [4.78, 5) is 23.3. The zero-order chi connectivity index (χ0) is 25.3. The van der Waals surface area contributed by atoms with Crippen LogP contribution in [0.1, 0.15) is 79.1 Å². The van der Waals surface area contributed by atoms with Crippen LogP contribution < -0.4 is 0 Å². The van der Waals surface area contributed by atoms with Crippen LogP contribution in [0.25, 0.3) is 0 Å². The van der Waals surface area contributed by atoms with Crippen LogP contribution in [0.15, 0.2) is 59.3 Å². The Labute approximate surface area is 210 Å². The third kappa shape index (κ3) is 5.72. The quantitative estimate of drug-likeness (QED) is 0.176. The van der Waals surface area contributed by atoms with E-state index >= 15 is 0 Å². The van der Waals surface area contributed by atoms with Crippen LogP contribution in [0.3, 0.4) is 0 Å². The summed E-state index contributed by atoms with van der Waals surface area (Å²) >= 11 is 0. The molecule has 2 unspecified atom stereocenters. The molecule has 3 saturated heterocycles. The number of carbonyl (C=O) groups is 2. The number of rotatable bonds is 0. The van der Waals surface area contributed by atoms with E-state index in [1.807, 2.05) is 0 Å². The molecule has 0 aromatic rings. The van der Waals surface area contributed by atoms with Gasteiger partial charge < -0.3 is 14.2 Å². The number of allylic oxidation sites excluding steroid dienone is 5. The lowest BCUT2D eigenvalue weighted by atomic mass is 9.84. The Hall–Kier alpha value is -2.40. The molecular weight excluding hydrogens is 440 g/mol. The summed E-state index contributed by atoms with van der Waals surface area (Å²) < 4.78 is 16.7. The first-order valence-corrected chi connectivity index (χ1v) is 13.0.